The Hall–Kier alpha value is -3.09. The molecule has 0 atom stereocenters. The fourth-order valence-electron chi connectivity index (χ4n) is 3.49. The summed E-state index contributed by atoms with van der Waals surface area (Å²) in [6.07, 6.45) is 1.50. The van der Waals surface area contributed by atoms with Crippen LogP contribution < -0.4 is 4.74 Å². The van der Waals surface area contributed by atoms with Crippen LogP contribution in [0.15, 0.2) is 106 Å². The highest BCUT2D eigenvalue weighted by Gasteiger charge is 2.09. The summed E-state index contributed by atoms with van der Waals surface area (Å²) < 4.78 is 12.4. The van der Waals surface area contributed by atoms with Gasteiger partial charge in [0.2, 0.25) is 0 Å². The van der Waals surface area contributed by atoms with Gasteiger partial charge < -0.3 is 14.6 Å². The van der Waals surface area contributed by atoms with E-state index in [0.717, 1.165) is 32.9 Å². The Kier molecular flexibility index (Phi) is 11.0. The van der Waals surface area contributed by atoms with Crippen LogP contribution in [0.5, 0.6) is 11.5 Å². The zero-order valence-electron chi connectivity index (χ0n) is 20.0. The SMILES string of the molecule is CCOC(=O)COc1ccc(Br)cc1Cc1ccccc1.Oc1ccc(Br)cc1Cc1ccccc1. The number of phenols is 1. The van der Waals surface area contributed by atoms with Crippen molar-refractivity contribution < 1.29 is 19.4 Å². The molecule has 0 amide bonds. The van der Waals surface area contributed by atoms with E-state index in [4.69, 9.17) is 9.47 Å². The third kappa shape index (κ3) is 9.17. The molecule has 1 N–H and O–H groups in total. The average molecular weight is 612 g/mol. The van der Waals surface area contributed by atoms with E-state index in [2.05, 4.69) is 56.1 Å². The fraction of sp³-hybridized carbons (Fsp3) is 0.167. The first kappa shape index (κ1) is 27.5. The minimum absolute atomic E-state index is 0.0722. The number of aromatic hydroxyl groups is 1. The Bertz CT molecular complexity index is 1240. The second kappa shape index (κ2) is 14.5. The van der Waals surface area contributed by atoms with Gasteiger partial charge in [-0.2, -0.15) is 0 Å². The normalized spacial score (nSPS) is 10.2. The van der Waals surface area contributed by atoms with Crippen molar-refractivity contribution in [3.63, 3.8) is 0 Å². The molecule has 0 heterocycles. The van der Waals surface area contributed by atoms with Crippen LogP contribution in [0, 0.1) is 0 Å². The lowest BCUT2D eigenvalue weighted by Gasteiger charge is -2.12. The summed E-state index contributed by atoms with van der Waals surface area (Å²) in [4.78, 5) is 11.4. The quantitative estimate of drug-likeness (QED) is 0.207. The van der Waals surface area contributed by atoms with E-state index in [1.165, 1.54) is 11.1 Å². The number of hydrogen-bond acceptors (Lipinski definition) is 4. The van der Waals surface area contributed by atoms with E-state index in [0.29, 0.717) is 18.1 Å². The van der Waals surface area contributed by atoms with Crippen molar-refractivity contribution in [3.05, 3.63) is 128 Å². The minimum atomic E-state index is -0.355. The van der Waals surface area contributed by atoms with Crippen LogP contribution >= 0.6 is 31.9 Å². The Balaban J connectivity index is 0.000000212. The van der Waals surface area contributed by atoms with Crippen LogP contribution in [-0.4, -0.2) is 24.3 Å². The lowest BCUT2D eigenvalue weighted by molar-refractivity contribution is -0.145. The highest BCUT2D eigenvalue weighted by molar-refractivity contribution is 9.10. The molecule has 0 unspecified atom stereocenters. The number of esters is 1. The number of halogens is 2. The first-order valence-electron chi connectivity index (χ1n) is 11.6. The number of carbonyl (C=O) groups excluding carboxylic acids is 1. The van der Waals surface area contributed by atoms with Gasteiger partial charge in [-0.15, -0.1) is 0 Å². The van der Waals surface area contributed by atoms with Crippen LogP contribution in [-0.2, 0) is 22.4 Å². The van der Waals surface area contributed by atoms with E-state index < -0.39 is 0 Å². The van der Waals surface area contributed by atoms with Crippen molar-refractivity contribution in [2.75, 3.05) is 13.2 Å². The van der Waals surface area contributed by atoms with Crippen molar-refractivity contribution in [2.24, 2.45) is 0 Å². The average Bonchev–Trinajstić information content (AvgIpc) is 2.88. The Morgan fingerprint density at radius 3 is 1.86 bits per heavy atom. The topological polar surface area (TPSA) is 55.8 Å². The fourth-order valence-corrected chi connectivity index (χ4v) is 4.31. The standard InChI is InChI=1S/C17H17BrO3.C13H11BrO/c1-2-20-17(19)12-21-16-9-8-15(18)11-14(16)10-13-6-4-3-5-7-13;14-12-6-7-13(15)11(9-12)8-10-4-2-1-3-5-10/h3-9,11H,2,10,12H2,1H3;1-7,9,15H,8H2. The van der Waals surface area contributed by atoms with Crippen molar-refractivity contribution in [1.82, 2.24) is 0 Å². The number of rotatable bonds is 8. The number of benzene rings is 4. The highest BCUT2D eigenvalue weighted by atomic mass is 79.9. The molecule has 186 valence electrons. The van der Waals surface area contributed by atoms with Crippen LogP contribution in [0.2, 0.25) is 0 Å². The molecule has 6 heteroatoms. The summed E-state index contributed by atoms with van der Waals surface area (Å²) in [6.45, 7) is 2.06. The maximum Gasteiger partial charge on any atom is 0.344 e. The van der Waals surface area contributed by atoms with Gasteiger partial charge in [-0.25, -0.2) is 4.79 Å². The summed E-state index contributed by atoms with van der Waals surface area (Å²) in [6, 6.07) is 31.5. The third-order valence-electron chi connectivity index (χ3n) is 5.19. The monoisotopic (exact) mass is 610 g/mol. The zero-order chi connectivity index (χ0) is 25.8. The molecule has 0 saturated carbocycles. The van der Waals surface area contributed by atoms with Gasteiger partial charge in [0.1, 0.15) is 11.5 Å². The molecule has 0 aliphatic carbocycles. The smallest absolute Gasteiger partial charge is 0.344 e. The van der Waals surface area contributed by atoms with Crippen molar-refractivity contribution >= 4 is 37.8 Å². The molecule has 0 aliphatic rings. The van der Waals surface area contributed by atoms with Crippen LogP contribution in [0.25, 0.3) is 0 Å². The number of hydrogen-bond donors (Lipinski definition) is 1. The molecular weight excluding hydrogens is 584 g/mol. The molecule has 0 radical (unpaired) electrons. The van der Waals surface area contributed by atoms with Gasteiger partial charge in [0.05, 0.1) is 6.61 Å². The van der Waals surface area contributed by atoms with Crippen LogP contribution in [0.3, 0.4) is 0 Å². The van der Waals surface area contributed by atoms with E-state index in [-0.39, 0.29) is 12.6 Å². The molecule has 0 spiro atoms. The van der Waals surface area contributed by atoms with Gasteiger partial charge in [0, 0.05) is 21.8 Å². The Morgan fingerprint density at radius 1 is 0.750 bits per heavy atom. The largest absolute Gasteiger partial charge is 0.508 e. The molecule has 36 heavy (non-hydrogen) atoms. The third-order valence-corrected chi connectivity index (χ3v) is 6.18. The van der Waals surface area contributed by atoms with Crippen LogP contribution in [0.1, 0.15) is 29.2 Å². The first-order chi connectivity index (χ1) is 17.4. The van der Waals surface area contributed by atoms with E-state index in [1.54, 1.807) is 13.0 Å². The molecule has 0 aromatic heterocycles. The second-order valence-corrected chi connectivity index (χ2v) is 9.77. The lowest BCUT2D eigenvalue weighted by Crippen LogP contribution is -2.15. The molecule has 0 fully saturated rings. The maximum atomic E-state index is 11.4. The second-order valence-electron chi connectivity index (χ2n) is 7.94. The summed E-state index contributed by atoms with van der Waals surface area (Å²) in [5, 5.41) is 9.68. The van der Waals surface area contributed by atoms with Gasteiger partial charge in [0.15, 0.2) is 6.61 Å². The number of carbonyl (C=O) groups is 1. The zero-order valence-corrected chi connectivity index (χ0v) is 23.2. The molecule has 0 bridgehead atoms. The molecule has 0 saturated heterocycles. The Morgan fingerprint density at radius 2 is 1.28 bits per heavy atom. The van der Waals surface area contributed by atoms with Gasteiger partial charge >= 0.3 is 5.97 Å². The van der Waals surface area contributed by atoms with E-state index in [9.17, 15) is 9.90 Å². The van der Waals surface area contributed by atoms with Gasteiger partial charge in [-0.3, -0.25) is 0 Å². The van der Waals surface area contributed by atoms with Crippen molar-refractivity contribution in [3.8, 4) is 11.5 Å². The first-order valence-corrected chi connectivity index (χ1v) is 13.1. The maximum absolute atomic E-state index is 11.4. The molecule has 4 nitrogen and oxygen atoms in total. The molecule has 4 rings (SSSR count). The van der Waals surface area contributed by atoms with Gasteiger partial charge in [0.25, 0.3) is 0 Å². The molecular formula is C30H28Br2O4. The predicted octanol–water partition coefficient (Wildman–Crippen LogP) is 7.73. The van der Waals surface area contributed by atoms with Crippen LogP contribution in [0.4, 0.5) is 0 Å². The van der Waals surface area contributed by atoms with Crippen molar-refractivity contribution in [1.29, 1.82) is 0 Å². The summed E-state index contributed by atoms with van der Waals surface area (Å²) in [7, 11) is 0. The van der Waals surface area contributed by atoms with Gasteiger partial charge in [-0.1, -0.05) is 92.5 Å². The van der Waals surface area contributed by atoms with Crippen molar-refractivity contribution in [2.45, 2.75) is 19.8 Å². The minimum Gasteiger partial charge on any atom is -0.508 e. The number of phenolic OH excluding ortho intramolecular Hbond substituents is 1. The Labute approximate surface area is 229 Å². The molecule has 4 aromatic rings. The number of ether oxygens (including phenoxy) is 2. The molecule has 0 aliphatic heterocycles. The van der Waals surface area contributed by atoms with Gasteiger partial charge in [-0.05, 0) is 65.6 Å². The molecule has 4 aromatic carbocycles. The summed E-state index contributed by atoms with van der Waals surface area (Å²) >= 11 is 6.87. The summed E-state index contributed by atoms with van der Waals surface area (Å²) in [5.41, 5.74) is 4.36. The predicted molar refractivity (Wildman–Crippen MR) is 151 cm³/mol. The highest BCUT2D eigenvalue weighted by Crippen LogP contribution is 2.26. The van der Waals surface area contributed by atoms with E-state index >= 15 is 0 Å². The van der Waals surface area contributed by atoms with E-state index in [1.807, 2.05) is 66.7 Å². The lowest BCUT2D eigenvalue weighted by atomic mass is 10.0. The summed E-state index contributed by atoms with van der Waals surface area (Å²) in [5.74, 6) is 0.697.